The van der Waals surface area contributed by atoms with Crippen molar-refractivity contribution in [1.82, 2.24) is 24.4 Å². The number of carbonyl (C=O) groups is 2. The SMILES string of the molecule is COc1cc2c(cc1F)c1c(N)ncnc1n2CC(=O)N1C(C(=O)Nc2cccc(Br)n2)C[C@@]2(C)C[C@H]12. The zero-order valence-electron chi connectivity index (χ0n) is 20.0. The van der Waals surface area contributed by atoms with Crippen molar-refractivity contribution in [3.05, 3.63) is 47.1 Å². The molecule has 1 unspecified atom stereocenters. The Bertz CT molecular complexity index is 1610. The number of amides is 2. The summed E-state index contributed by atoms with van der Waals surface area (Å²) in [4.78, 5) is 41.5. The highest BCUT2D eigenvalue weighted by Crippen LogP contribution is 2.59. The fraction of sp³-hybridized carbons (Fsp3) is 0.320. The van der Waals surface area contributed by atoms with Gasteiger partial charge in [0.15, 0.2) is 11.6 Å². The van der Waals surface area contributed by atoms with Gasteiger partial charge in [-0.1, -0.05) is 13.0 Å². The van der Waals surface area contributed by atoms with E-state index >= 15 is 0 Å². The van der Waals surface area contributed by atoms with Crippen molar-refractivity contribution in [1.29, 1.82) is 0 Å². The molecule has 4 aromatic rings. The van der Waals surface area contributed by atoms with Crippen molar-refractivity contribution in [3.8, 4) is 5.75 Å². The van der Waals surface area contributed by atoms with E-state index in [4.69, 9.17) is 10.5 Å². The number of carbonyl (C=O) groups excluding carboxylic acids is 2. The van der Waals surface area contributed by atoms with Crippen molar-refractivity contribution in [2.24, 2.45) is 5.41 Å². The number of hydrogen-bond donors (Lipinski definition) is 2. The number of benzene rings is 1. The third-order valence-corrected chi connectivity index (χ3v) is 7.87. The maximum Gasteiger partial charge on any atom is 0.248 e. The first kappa shape index (κ1) is 23.6. The number of rotatable bonds is 5. The van der Waals surface area contributed by atoms with Gasteiger partial charge >= 0.3 is 0 Å². The molecular formula is C25H23BrFN7O3. The van der Waals surface area contributed by atoms with Gasteiger partial charge < -0.3 is 25.3 Å². The van der Waals surface area contributed by atoms with E-state index in [1.165, 1.54) is 25.6 Å². The van der Waals surface area contributed by atoms with Crippen LogP contribution in [0, 0.1) is 11.2 Å². The maximum absolute atomic E-state index is 14.6. The van der Waals surface area contributed by atoms with Gasteiger partial charge in [-0.15, -0.1) is 0 Å². The Morgan fingerprint density at radius 2 is 2.11 bits per heavy atom. The van der Waals surface area contributed by atoms with Crippen LogP contribution in [0.3, 0.4) is 0 Å². The highest BCUT2D eigenvalue weighted by atomic mass is 79.9. The lowest BCUT2D eigenvalue weighted by atomic mass is 10.0. The van der Waals surface area contributed by atoms with Crippen LogP contribution in [-0.2, 0) is 16.1 Å². The van der Waals surface area contributed by atoms with Gasteiger partial charge in [0.25, 0.3) is 0 Å². The molecule has 12 heteroatoms. The molecule has 6 rings (SSSR count). The number of nitrogens with zero attached hydrogens (tertiary/aromatic N) is 5. The normalized spacial score (nSPS) is 22.3. The Morgan fingerprint density at radius 3 is 2.86 bits per heavy atom. The molecule has 1 saturated heterocycles. The Balaban J connectivity index is 1.37. The van der Waals surface area contributed by atoms with Crippen LogP contribution in [0.15, 0.2) is 41.3 Å². The monoisotopic (exact) mass is 567 g/mol. The summed E-state index contributed by atoms with van der Waals surface area (Å²) in [5, 5.41) is 3.78. The number of methoxy groups -OCH3 is 1. The number of ether oxygens (including phenoxy) is 1. The van der Waals surface area contributed by atoms with Crippen molar-refractivity contribution < 1.29 is 18.7 Å². The highest BCUT2D eigenvalue weighted by molar-refractivity contribution is 9.10. The summed E-state index contributed by atoms with van der Waals surface area (Å²) in [5.41, 5.74) is 6.95. The largest absolute Gasteiger partial charge is 0.494 e. The van der Waals surface area contributed by atoms with E-state index in [1.807, 2.05) is 0 Å². The molecule has 3 atom stereocenters. The van der Waals surface area contributed by atoms with E-state index < -0.39 is 11.9 Å². The number of likely N-dealkylation sites (tertiary alicyclic amines) is 1. The zero-order valence-corrected chi connectivity index (χ0v) is 21.6. The Kier molecular flexibility index (Phi) is 5.34. The van der Waals surface area contributed by atoms with E-state index in [0.717, 1.165) is 6.42 Å². The van der Waals surface area contributed by atoms with Gasteiger partial charge in [-0.05, 0) is 52.4 Å². The molecule has 4 heterocycles. The van der Waals surface area contributed by atoms with Crippen LogP contribution in [0.5, 0.6) is 5.75 Å². The molecule has 0 radical (unpaired) electrons. The van der Waals surface area contributed by atoms with E-state index in [1.54, 1.807) is 27.7 Å². The van der Waals surface area contributed by atoms with E-state index in [0.29, 0.717) is 38.8 Å². The standard InChI is InChI=1S/C25H23BrFN7O3/c1-25-8-15(24(36)32-19-5-3-4-18(26)31-19)34(17(25)9-25)20(35)10-33-14-7-16(37-2)13(27)6-12(14)21-22(28)29-11-30-23(21)33/h3-7,11,15,17H,8-10H2,1-2H3,(H2,28,29,30)(H,31,32,36)/t15?,17-,25-/m0/s1. The topological polar surface area (TPSA) is 128 Å². The predicted molar refractivity (Wildman–Crippen MR) is 138 cm³/mol. The molecule has 37 heavy (non-hydrogen) atoms. The number of pyridine rings is 1. The predicted octanol–water partition coefficient (Wildman–Crippen LogP) is 3.49. The lowest BCUT2D eigenvalue weighted by Crippen LogP contribution is -2.46. The first-order valence-electron chi connectivity index (χ1n) is 11.7. The van der Waals surface area contributed by atoms with Gasteiger partial charge in [-0.25, -0.2) is 19.3 Å². The van der Waals surface area contributed by atoms with E-state index in [-0.39, 0.29) is 41.4 Å². The minimum absolute atomic E-state index is 0.0326. The highest BCUT2D eigenvalue weighted by Gasteiger charge is 2.64. The van der Waals surface area contributed by atoms with Gasteiger partial charge in [-0.3, -0.25) is 9.59 Å². The molecule has 10 nitrogen and oxygen atoms in total. The molecule has 2 fully saturated rings. The molecule has 1 aromatic carbocycles. The van der Waals surface area contributed by atoms with Gasteiger partial charge in [0.2, 0.25) is 11.8 Å². The van der Waals surface area contributed by atoms with Gasteiger partial charge in [-0.2, -0.15) is 0 Å². The molecule has 2 amide bonds. The second-order valence-electron chi connectivity index (χ2n) is 9.78. The lowest BCUT2D eigenvalue weighted by Gasteiger charge is -2.27. The summed E-state index contributed by atoms with van der Waals surface area (Å²) in [7, 11) is 1.37. The minimum atomic E-state index is -0.642. The van der Waals surface area contributed by atoms with Crippen LogP contribution in [0.2, 0.25) is 0 Å². The summed E-state index contributed by atoms with van der Waals surface area (Å²) >= 11 is 3.31. The second kappa shape index (κ2) is 8.37. The number of fused-ring (bicyclic) bond motifs is 4. The molecule has 1 saturated carbocycles. The minimum Gasteiger partial charge on any atom is -0.494 e. The summed E-state index contributed by atoms with van der Waals surface area (Å²) in [6, 6.07) is 7.39. The van der Waals surface area contributed by atoms with Crippen LogP contribution in [-0.4, -0.2) is 55.4 Å². The Morgan fingerprint density at radius 1 is 1.30 bits per heavy atom. The fourth-order valence-electron chi connectivity index (χ4n) is 5.51. The summed E-state index contributed by atoms with van der Waals surface area (Å²) < 4.78 is 22.0. The number of hydrogen-bond acceptors (Lipinski definition) is 7. The number of piperidine rings is 1. The fourth-order valence-corrected chi connectivity index (χ4v) is 5.86. The van der Waals surface area contributed by atoms with Gasteiger partial charge in [0.05, 0.1) is 18.0 Å². The third-order valence-electron chi connectivity index (χ3n) is 7.43. The number of aromatic nitrogens is 4. The van der Waals surface area contributed by atoms with Gasteiger partial charge in [0.1, 0.15) is 40.8 Å². The maximum atomic E-state index is 14.6. The first-order chi connectivity index (χ1) is 17.7. The van der Waals surface area contributed by atoms with Crippen LogP contribution in [0.25, 0.3) is 21.9 Å². The Labute approximate surface area is 219 Å². The molecule has 2 aliphatic rings. The molecule has 1 aliphatic heterocycles. The average molecular weight is 568 g/mol. The summed E-state index contributed by atoms with van der Waals surface area (Å²) in [6.45, 7) is 1.97. The van der Waals surface area contributed by atoms with Crippen molar-refractivity contribution in [3.63, 3.8) is 0 Å². The van der Waals surface area contributed by atoms with Gasteiger partial charge in [0, 0.05) is 17.5 Å². The number of nitrogen functional groups attached to an aromatic ring is 1. The van der Waals surface area contributed by atoms with Crippen LogP contribution < -0.4 is 15.8 Å². The van der Waals surface area contributed by atoms with Crippen molar-refractivity contribution >= 4 is 61.3 Å². The number of nitrogens with two attached hydrogens (primary N) is 1. The summed E-state index contributed by atoms with van der Waals surface area (Å²) in [5.74, 6) is -0.473. The van der Waals surface area contributed by atoms with Crippen LogP contribution >= 0.6 is 15.9 Å². The van der Waals surface area contributed by atoms with Crippen molar-refractivity contribution in [2.45, 2.75) is 38.4 Å². The molecule has 0 bridgehead atoms. The van der Waals surface area contributed by atoms with Crippen LogP contribution in [0.1, 0.15) is 19.8 Å². The number of anilines is 2. The third kappa shape index (κ3) is 3.78. The van der Waals surface area contributed by atoms with Crippen molar-refractivity contribution in [2.75, 3.05) is 18.2 Å². The van der Waals surface area contributed by atoms with E-state index in [2.05, 4.69) is 43.1 Å². The zero-order chi connectivity index (χ0) is 26.1. The smallest absolute Gasteiger partial charge is 0.248 e. The number of halogens is 2. The molecule has 190 valence electrons. The molecule has 1 aliphatic carbocycles. The second-order valence-corrected chi connectivity index (χ2v) is 10.6. The first-order valence-corrected chi connectivity index (χ1v) is 12.5. The molecule has 0 spiro atoms. The van der Waals surface area contributed by atoms with Crippen LogP contribution in [0.4, 0.5) is 16.0 Å². The number of nitrogens with one attached hydrogen (secondary N) is 1. The Hall–Kier alpha value is -3.80. The average Bonchev–Trinajstić information content (AvgIpc) is 3.28. The molecule has 3 aromatic heterocycles. The summed E-state index contributed by atoms with van der Waals surface area (Å²) in [6.07, 6.45) is 2.70. The lowest BCUT2D eigenvalue weighted by molar-refractivity contribution is -0.138. The molecular weight excluding hydrogens is 545 g/mol. The quantitative estimate of drug-likeness (QED) is 0.353. The van der Waals surface area contributed by atoms with E-state index in [9.17, 15) is 14.0 Å². The molecule has 3 N–H and O–H groups in total.